The fourth-order valence-electron chi connectivity index (χ4n) is 8.17. The van der Waals surface area contributed by atoms with E-state index in [1.165, 1.54) is 49.7 Å². The fraction of sp³-hybridized carbons (Fsp3) is 0.708. The number of amides is 1. The number of hydrogen-bond donors (Lipinski definition) is 1. The van der Waals surface area contributed by atoms with Gasteiger partial charge in [-0.25, -0.2) is 0 Å². The SMILES string of the molecule is Cc1ccc([C@]23C[C@H]2CN(C(=O)CC24CC5CC(CC(N)(C5)C2)C4)C3)cc1. The van der Waals surface area contributed by atoms with Gasteiger partial charge in [0.1, 0.15) is 0 Å². The zero-order chi connectivity index (χ0) is 18.4. The Balaban J connectivity index is 1.18. The lowest BCUT2D eigenvalue weighted by Gasteiger charge is -2.61. The quantitative estimate of drug-likeness (QED) is 0.887. The van der Waals surface area contributed by atoms with Crippen LogP contribution < -0.4 is 5.73 Å². The smallest absolute Gasteiger partial charge is 0.223 e. The number of likely N-dealkylation sites (tertiary alicyclic amines) is 1. The first-order valence-corrected chi connectivity index (χ1v) is 11.0. The summed E-state index contributed by atoms with van der Waals surface area (Å²) in [5, 5.41) is 0. The second-order valence-corrected chi connectivity index (χ2v) is 11.2. The highest BCUT2D eigenvalue weighted by Crippen LogP contribution is 2.63. The molecule has 1 aliphatic heterocycles. The van der Waals surface area contributed by atoms with Crippen LogP contribution in [0.25, 0.3) is 0 Å². The van der Waals surface area contributed by atoms with Gasteiger partial charge in [0.05, 0.1) is 0 Å². The molecule has 0 radical (unpaired) electrons. The van der Waals surface area contributed by atoms with Crippen molar-refractivity contribution < 1.29 is 4.79 Å². The third-order valence-electron chi connectivity index (χ3n) is 8.88. The predicted octanol–water partition coefficient (Wildman–Crippen LogP) is 3.78. The lowest BCUT2D eigenvalue weighted by Crippen LogP contribution is -2.60. The fourth-order valence-corrected chi connectivity index (χ4v) is 8.17. The van der Waals surface area contributed by atoms with Crippen molar-refractivity contribution >= 4 is 5.91 Å². The predicted molar refractivity (Wildman–Crippen MR) is 106 cm³/mol. The minimum Gasteiger partial charge on any atom is -0.341 e. The van der Waals surface area contributed by atoms with Gasteiger partial charge in [0, 0.05) is 30.5 Å². The third kappa shape index (κ3) is 2.46. The van der Waals surface area contributed by atoms with E-state index in [2.05, 4.69) is 36.1 Å². The minimum absolute atomic E-state index is 0.0423. The summed E-state index contributed by atoms with van der Waals surface area (Å²) in [5.41, 5.74) is 10.0. The van der Waals surface area contributed by atoms with Crippen LogP contribution in [0.3, 0.4) is 0 Å². The Labute approximate surface area is 162 Å². The van der Waals surface area contributed by atoms with Crippen LogP contribution in [0.5, 0.6) is 0 Å². The van der Waals surface area contributed by atoms with E-state index in [9.17, 15) is 4.79 Å². The van der Waals surface area contributed by atoms with Crippen molar-refractivity contribution in [1.82, 2.24) is 4.90 Å². The molecule has 0 spiro atoms. The van der Waals surface area contributed by atoms with Gasteiger partial charge in [-0.3, -0.25) is 4.79 Å². The first-order valence-electron chi connectivity index (χ1n) is 11.0. The molecule has 3 heteroatoms. The van der Waals surface area contributed by atoms with Gasteiger partial charge in [0.15, 0.2) is 0 Å². The molecule has 144 valence electrons. The van der Waals surface area contributed by atoms with Crippen molar-refractivity contribution in [2.45, 2.75) is 69.2 Å². The van der Waals surface area contributed by atoms with Crippen LogP contribution in [0, 0.1) is 30.1 Å². The zero-order valence-electron chi connectivity index (χ0n) is 16.5. The molecular formula is C24H32N2O. The first kappa shape index (κ1) is 16.6. The highest BCUT2D eigenvalue weighted by molar-refractivity contribution is 5.78. The molecule has 1 heterocycles. The van der Waals surface area contributed by atoms with Crippen LogP contribution in [0.1, 0.15) is 62.5 Å². The van der Waals surface area contributed by atoms with Crippen LogP contribution in [0.15, 0.2) is 24.3 Å². The number of carbonyl (C=O) groups is 1. The topological polar surface area (TPSA) is 46.3 Å². The number of fused-ring (bicyclic) bond motifs is 1. The molecule has 0 aromatic heterocycles. The van der Waals surface area contributed by atoms with Gasteiger partial charge < -0.3 is 10.6 Å². The molecule has 1 aromatic carbocycles. The van der Waals surface area contributed by atoms with Gasteiger partial charge in [-0.05, 0) is 80.6 Å². The van der Waals surface area contributed by atoms with E-state index in [0.29, 0.717) is 11.8 Å². The lowest BCUT2D eigenvalue weighted by molar-refractivity contribution is -0.140. The Morgan fingerprint density at radius 3 is 2.48 bits per heavy atom. The van der Waals surface area contributed by atoms with Gasteiger partial charge >= 0.3 is 0 Å². The Morgan fingerprint density at radius 1 is 1.11 bits per heavy atom. The summed E-state index contributed by atoms with van der Waals surface area (Å²) in [4.78, 5) is 15.5. The van der Waals surface area contributed by atoms with Crippen LogP contribution in [0.4, 0.5) is 0 Å². The molecule has 1 saturated heterocycles. The number of aryl methyl sites for hydroxylation is 1. The lowest BCUT2D eigenvalue weighted by atomic mass is 9.46. The summed E-state index contributed by atoms with van der Waals surface area (Å²) >= 11 is 0. The largest absolute Gasteiger partial charge is 0.341 e. The molecule has 4 atom stereocenters. The maximum Gasteiger partial charge on any atom is 0.223 e. The second-order valence-electron chi connectivity index (χ2n) is 11.2. The summed E-state index contributed by atoms with van der Waals surface area (Å²) in [6.07, 6.45) is 9.43. The summed E-state index contributed by atoms with van der Waals surface area (Å²) in [7, 11) is 0. The van der Waals surface area contributed by atoms with E-state index < -0.39 is 0 Å². The van der Waals surface area contributed by atoms with Crippen LogP contribution in [-0.4, -0.2) is 29.4 Å². The molecule has 4 bridgehead atoms. The second kappa shape index (κ2) is 5.17. The van der Waals surface area contributed by atoms with Crippen LogP contribution in [0.2, 0.25) is 0 Å². The van der Waals surface area contributed by atoms with Crippen molar-refractivity contribution in [3.05, 3.63) is 35.4 Å². The summed E-state index contributed by atoms with van der Waals surface area (Å²) < 4.78 is 0. The van der Waals surface area contributed by atoms with E-state index in [4.69, 9.17) is 5.73 Å². The van der Waals surface area contributed by atoms with E-state index in [-0.39, 0.29) is 16.4 Å². The van der Waals surface area contributed by atoms with Crippen molar-refractivity contribution in [3.8, 4) is 0 Å². The zero-order valence-corrected chi connectivity index (χ0v) is 16.5. The molecule has 1 amide bonds. The Kier molecular flexibility index (Phi) is 3.18. The van der Waals surface area contributed by atoms with Gasteiger partial charge in [0.25, 0.3) is 0 Å². The normalized spacial score (nSPS) is 46.6. The monoisotopic (exact) mass is 364 g/mol. The summed E-state index contributed by atoms with van der Waals surface area (Å²) in [6.45, 7) is 4.06. The highest BCUT2D eigenvalue weighted by atomic mass is 16.2. The molecule has 2 unspecified atom stereocenters. The number of nitrogens with two attached hydrogens (primary N) is 1. The Hall–Kier alpha value is -1.35. The van der Waals surface area contributed by atoms with E-state index in [1.807, 2.05) is 0 Å². The van der Waals surface area contributed by atoms with E-state index >= 15 is 0 Å². The van der Waals surface area contributed by atoms with E-state index in [1.54, 1.807) is 0 Å². The van der Waals surface area contributed by atoms with Gasteiger partial charge in [-0.15, -0.1) is 0 Å². The van der Waals surface area contributed by atoms with Crippen molar-refractivity contribution in [2.75, 3.05) is 13.1 Å². The van der Waals surface area contributed by atoms with Gasteiger partial charge in [-0.1, -0.05) is 29.8 Å². The molecule has 1 aromatic rings. The molecule has 5 saturated carbocycles. The number of benzene rings is 1. The van der Waals surface area contributed by atoms with Crippen molar-refractivity contribution in [1.29, 1.82) is 0 Å². The number of nitrogens with zero attached hydrogens (tertiary/aromatic N) is 1. The maximum absolute atomic E-state index is 13.3. The number of piperidine rings is 1. The number of hydrogen-bond acceptors (Lipinski definition) is 2. The number of carbonyl (C=O) groups excluding carboxylic acids is 1. The minimum atomic E-state index is 0.0423. The van der Waals surface area contributed by atoms with Crippen molar-refractivity contribution in [2.24, 2.45) is 28.9 Å². The first-order chi connectivity index (χ1) is 12.9. The molecule has 6 aliphatic rings. The third-order valence-corrected chi connectivity index (χ3v) is 8.88. The molecular weight excluding hydrogens is 332 g/mol. The molecule has 5 aliphatic carbocycles. The van der Waals surface area contributed by atoms with Crippen LogP contribution >= 0.6 is 0 Å². The molecule has 6 fully saturated rings. The van der Waals surface area contributed by atoms with Gasteiger partial charge in [-0.2, -0.15) is 0 Å². The average Bonchev–Trinajstić information content (AvgIpc) is 3.14. The highest BCUT2D eigenvalue weighted by Gasteiger charge is 2.62. The molecule has 27 heavy (non-hydrogen) atoms. The molecule has 2 N–H and O–H groups in total. The van der Waals surface area contributed by atoms with Crippen LogP contribution in [-0.2, 0) is 10.2 Å². The summed E-state index contributed by atoms with van der Waals surface area (Å²) in [6, 6.07) is 9.03. The summed E-state index contributed by atoms with van der Waals surface area (Å²) in [5.74, 6) is 2.67. The Morgan fingerprint density at radius 2 is 1.81 bits per heavy atom. The van der Waals surface area contributed by atoms with E-state index in [0.717, 1.165) is 37.8 Å². The Bertz CT molecular complexity index is 785. The van der Waals surface area contributed by atoms with Gasteiger partial charge in [0.2, 0.25) is 5.91 Å². The average molecular weight is 365 g/mol. The molecule has 3 nitrogen and oxygen atoms in total. The maximum atomic E-state index is 13.3. The van der Waals surface area contributed by atoms with Crippen molar-refractivity contribution in [3.63, 3.8) is 0 Å². The molecule has 7 rings (SSSR count). The number of rotatable bonds is 3. The standard InChI is InChI=1S/C24H32N2O/c1-16-2-4-19(5-3-16)24-11-20(24)13-26(15-24)21(27)12-22-7-17-6-18(8-22)10-23(25,9-17)14-22/h2-5,17-18,20H,6-15,25H2,1H3/t17?,18?,20-,22?,23?,24+/m0/s1.